The number of amides is 1. The zero-order chi connectivity index (χ0) is 24.1. The second kappa shape index (κ2) is 10.5. The molecular formula is C24H19ClN5O3S-. The van der Waals surface area contributed by atoms with Gasteiger partial charge in [0.15, 0.2) is 0 Å². The summed E-state index contributed by atoms with van der Waals surface area (Å²) in [5.41, 5.74) is 4.54. The van der Waals surface area contributed by atoms with Gasteiger partial charge in [0.1, 0.15) is 0 Å². The quantitative estimate of drug-likeness (QED) is 0.353. The first-order valence-electron chi connectivity index (χ1n) is 10.2. The van der Waals surface area contributed by atoms with E-state index in [4.69, 9.17) is 11.6 Å². The summed E-state index contributed by atoms with van der Waals surface area (Å²) in [5, 5.41) is 6.18. The lowest BCUT2D eigenvalue weighted by atomic mass is 10.1. The third-order valence-electron chi connectivity index (χ3n) is 4.92. The van der Waals surface area contributed by atoms with Crippen LogP contribution in [-0.2, 0) is 16.8 Å². The number of nitrogens with one attached hydrogen (secondary N) is 2. The summed E-state index contributed by atoms with van der Waals surface area (Å²) in [7, 11) is 0. The molecule has 4 rings (SSSR count). The van der Waals surface area contributed by atoms with Gasteiger partial charge in [-0.1, -0.05) is 34.8 Å². The molecule has 2 N–H and O–H groups in total. The van der Waals surface area contributed by atoms with Crippen molar-refractivity contribution in [2.75, 3.05) is 10.6 Å². The van der Waals surface area contributed by atoms with E-state index in [1.165, 1.54) is 12.1 Å². The fraction of sp³-hybridized carbons (Fsp3) is 0.0833. The number of benzene rings is 2. The Labute approximate surface area is 203 Å². The van der Waals surface area contributed by atoms with E-state index in [0.717, 1.165) is 22.5 Å². The summed E-state index contributed by atoms with van der Waals surface area (Å²) in [6.07, 6.45) is 5.08. The van der Waals surface area contributed by atoms with Crippen molar-refractivity contribution < 1.29 is 13.6 Å². The first-order valence-corrected chi connectivity index (χ1v) is 11.8. The minimum Gasteiger partial charge on any atom is -0.772 e. The van der Waals surface area contributed by atoms with Crippen LogP contribution in [0, 0.1) is 6.92 Å². The molecular weight excluding hydrogens is 474 g/mol. The molecule has 0 saturated heterocycles. The average molecular weight is 493 g/mol. The minimum atomic E-state index is -2.24. The van der Waals surface area contributed by atoms with Crippen LogP contribution in [0.15, 0.2) is 73.2 Å². The number of rotatable bonds is 7. The van der Waals surface area contributed by atoms with E-state index in [-0.39, 0.29) is 16.3 Å². The Hall–Kier alpha value is -3.66. The fourth-order valence-corrected chi connectivity index (χ4v) is 3.96. The van der Waals surface area contributed by atoms with Crippen LogP contribution in [0.4, 0.5) is 17.3 Å². The predicted molar refractivity (Wildman–Crippen MR) is 132 cm³/mol. The number of aromatic nitrogens is 3. The number of nitrogens with zero attached hydrogens (tertiary/aromatic N) is 3. The Kier molecular flexibility index (Phi) is 7.27. The van der Waals surface area contributed by atoms with E-state index in [0.29, 0.717) is 17.2 Å². The van der Waals surface area contributed by atoms with E-state index in [9.17, 15) is 13.6 Å². The summed E-state index contributed by atoms with van der Waals surface area (Å²) in [6.45, 7) is 1.93. The van der Waals surface area contributed by atoms with Gasteiger partial charge in [0.2, 0.25) is 5.95 Å². The van der Waals surface area contributed by atoms with Crippen molar-refractivity contribution in [1.82, 2.24) is 15.0 Å². The normalized spacial score (nSPS) is 11.6. The zero-order valence-corrected chi connectivity index (χ0v) is 19.6. The largest absolute Gasteiger partial charge is 0.772 e. The first kappa shape index (κ1) is 23.5. The topological polar surface area (TPSA) is 120 Å². The molecule has 0 bridgehead atoms. The van der Waals surface area contributed by atoms with Crippen molar-refractivity contribution in [2.45, 2.75) is 12.7 Å². The molecule has 0 fully saturated rings. The van der Waals surface area contributed by atoms with E-state index in [1.54, 1.807) is 42.9 Å². The first-order chi connectivity index (χ1) is 16.4. The van der Waals surface area contributed by atoms with Crippen LogP contribution >= 0.6 is 11.6 Å². The van der Waals surface area contributed by atoms with E-state index in [2.05, 4.69) is 25.6 Å². The molecule has 2 aromatic heterocycles. The van der Waals surface area contributed by atoms with Gasteiger partial charge in [-0.05, 0) is 60.5 Å². The van der Waals surface area contributed by atoms with Gasteiger partial charge in [-0.2, -0.15) is 0 Å². The van der Waals surface area contributed by atoms with Crippen LogP contribution in [-0.4, -0.2) is 29.6 Å². The number of anilines is 3. The highest BCUT2D eigenvalue weighted by Crippen LogP contribution is 2.26. The summed E-state index contributed by atoms with van der Waals surface area (Å²) in [5.74, 6) is -0.176. The van der Waals surface area contributed by atoms with Crippen molar-refractivity contribution in [1.29, 1.82) is 0 Å². The third-order valence-corrected chi connectivity index (χ3v) is 5.80. The highest BCUT2D eigenvalue weighted by molar-refractivity contribution is 7.78. The Morgan fingerprint density at radius 2 is 1.97 bits per heavy atom. The molecule has 0 aliphatic heterocycles. The summed E-state index contributed by atoms with van der Waals surface area (Å²) >= 11 is 3.97. The van der Waals surface area contributed by atoms with Gasteiger partial charge in [0.25, 0.3) is 5.91 Å². The third kappa shape index (κ3) is 5.82. The standard InChI is InChI=1S/C24H20ClN5O3S/c1-15-4-6-18(28-23(31)19-7-5-16(11-20(19)25)14-34(32)33)12-22(15)30-24-27-10-8-21(29-24)17-3-2-9-26-13-17/h2-13H,14H2,1H3,(H,28,31)(H,32,33)(H,27,29,30)/p-1. The van der Waals surface area contributed by atoms with Crippen molar-refractivity contribution in [3.05, 3.63) is 94.9 Å². The van der Waals surface area contributed by atoms with Crippen LogP contribution < -0.4 is 10.6 Å². The Balaban J connectivity index is 1.52. The number of aryl methyl sites for hydroxylation is 1. The molecule has 4 aromatic rings. The Bertz CT molecular complexity index is 1370. The van der Waals surface area contributed by atoms with Crippen LogP contribution in [0.2, 0.25) is 5.02 Å². The van der Waals surface area contributed by atoms with Crippen LogP contribution in [0.3, 0.4) is 0 Å². The zero-order valence-electron chi connectivity index (χ0n) is 18.0. The maximum absolute atomic E-state index is 12.8. The number of halogens is 1. The van der Waals surface area contributed by atoms with Crippen molar-refractivity contribution in [2.24, 2.45) is 0 Å². The number of pyridine rings is 1. The van der Waals surface area contributed by atoms with Gasteiger partial charge in [-0.15, -0.1) is 0 Å². The lowest BCUT2D eigenvalue weighted by Crippen LogP contribution is -2.13. The molecule has 2 aromatic carbocycles. The van der Waals surface area contributed by atoms with Gasteiger partial charge in [0.05, 0.1) is 16.3 Å². The fourth-order valence-electron chi connectivity index (χ4n) is 3.22. The molecule has 2 heterocycles. The SMILES string of the molecule is Cc1ccc(NC(=O)c2ccc(CS(=O)[O-])cc2Cl)cc1Nc1nccc(-c2cccnc2)n1. The smallest absolute Gasteiger partial charge is 0.257 e. The van der Waals surface area contributed by atoms with Crippen molar-refractivity contribution in [3.63, 3.8) is 0 Å². The number of carbonyl (C=O) groups excluding carboxylic acids is 1. The van der Waals surface area contributed by atoms with Crippen LogP contribution in [0.1, 0.15) is 21.5 Å². The minimum absolute atomic E-state index is 0.168. The van der Waals surface area contributed by atoms with Crippen LogP contribution in [0.5, 0.6) is 0 Å². The molecule has 172 valence electrons. The summed E-state index contributed by atoms with van der Waals surface area (Å²) in [6, 6.07) is 15.5. The maximum Gasteiger partial charge on any atom is 0.257 e. The molecule has 34 heavy (non-hydrogen) atoms. The number of hydrogen-bond acceptors (Lipinski definition) is 7. The average Bonchev–Trinajstić information content (AvgIpc) is 2.81. The second-order valence-electron chi connectivity index (χ2n) is 7.38. The molecule has 0 aliphatic carbocycles. The van der Waals surface area contributed by atoms with E-state index in [1.807, 2.05) is 25.1 Å². The van der Waals surface area contributed by atoms with Crippen molar-refractivity contribution in [3.8, 4) is 11.3 Å². The molecule has 8 nitrogen and oxygen atoms in total. The highest BCUT2D eigenvalue weighted by atomic mass is 35.5. The van der Waals surface area contributed by atoms with Gasteiger partial charge in [0, 0.05) is 41.3 Å². The van der Waals surface area contributed by atoms with Gasteiger partial charge in [-0.3, -0.25) is 14.0 Å². The van der Waals surface area contributed by atoms with Gasteiger partial charge in [-0.25, -0.2) is 9.97 Å². The molecule has 0 saturated carbocycles. The Morgan fingerprint density at radius 3 is 2.71 bits per heavy atom. The van der Waals surface area contributed by atoms with Gasteiger partial charge < -0.3 is 15.2 Å². The summed E-state index contributed by atoms with van der Waals surface area (Å²) < 4.78 is 21.8. The predicted octanol–water partition coefficient (Wildman–Crippen LogP) is 4.88. The molecule has 0 radical (unpaired) electrons. The van der Waals surface area contributed by atoms with Crippen molar-refractivity contribution >= 4 is 45.9 Å². The molecule has 1 unspecified atom stereocenters. The number of hydrogen-bond donors (Lipinski definition) is 2. The lowest BCUT2D eigenvalue weighted by molar-refractivity contribution is 0.102. The molecule has 0 aliphatic rings. The summed E-state index contributed by atoms with van der Waals surface area (Å²) in [4.78, 5) is 25.7. The maximum atomic E-state index is 12.8. The highest BCUT2D eigenvalue weighted by Gasteiger charge is 2.13. The molecule has 1 amide bonds. The van der Waals surface area contributed by atoms with E-state index < -0.39 is 17.0 Å². The second-order valence-corrected chi connectivity index (χ2v) is 8.68. The monoisotopic (exact) mass is 492 g/mol. The molecule has 0 spiro atoms. The van der Waals surface area contributed by atoms with Gasteiger partial charge >= 0.3 is 0 Å². The lowest BCUT2D eigenvalue weighted by Gasteiger charge is -2.13. The van der Waals surface area contributed by atoms with Crippen LogP contribution in [0.25, 0.3) is 11.3 Å². The molecule has 1 atom stereocenters. The number of carbonyl (C=O) groups is 1. The van der Waals surface area contributed by atoms with E-state index >= 15 is 0 Å². The molecule has 10 heteroatoms. The Morgan fingerprint density at radius 1 is 1.12 bits per heavy atom.